The van der Waals surface area contributed by atoms with Crippen molar-refractivity contribution in [3.05, 3.63) is 76.2 Å². The average molecular weight is 468 g/mol. The van der Waals surface area contributed by atoms with Gasteiger partial charge in [-0.05, 0) is 56.5 Å². The Morgan fingerprint density at radius 3 is 2.55 bits per heavy atom. The van der Waals surface area contributed by atoms with E-state index in [9.17, 15) is 18.0 Å². The highest BCUT2D eigenvalue weighted by molar-refractivity contribution is 7.89. The molecule has 1 aliphatic carbocycles. The van der Waals surface area contributed by atoms with Crippen molar-refractivity contribution >= 4 is 26.8 Å². The van der Waals surface area contributed by atoms with Gasteiger partial charge in [-0.25, -0.2) is 13.2 Å². The zero-order valence-corrected chi connectivity index (χ0v) is 19.0. The molecule has 0 radical (unpaired) electrons. The van der Waals surface area contributed by atoms with Gasteiger partial charge in [0.1, 0.15) is 0 Å². The summed E-state index contributed by atoms with van der Waals surface area (Å²) in [6.45, 7) is 2.02. The molecule has 3 aromatic rings. The van der Waals surface area contributed by atoms with Crippen LogP contribution in [0.3, 0.4) is 0 Å². The number of pyridine rings is 1. The third-order valence-corrected chi connectivity index (χ3v) is 8.80. The highest BCUT2D eigenvalue weighted by Gasteiger charge is 2.60. The number of fused-ring (bicyclic) bond motifs is 1. The normalized spacial score (nSPS) is 19.8. The van der Waals surface area contributed by atoms with Crippen molar-refractivity contribution in [1.82, 2.24) is 8.87 Å². The third kappa shape index (κ3) is 3.56. The molecule has 2 heterocycles. The summed E-state index contributed by atoms with van der Waals surface area (Å²) in [5.74, 6) is -0.543. The molecule has 1 spiro atoms. The Morgan fingerprint density at radius 2 is 1.85 bits per heavy atom. The first-order chi connectivity index (χ1) is 15.7. The second kappa shape index (κ2) is 7.79. The molecule has 8 nitrogen and oxygen atoms in total. The summed E-state index contributed by atoms with van der Waals surface area (Å²) >= 11 is 0. The number of nitrogens with zero attached hydrogens (tertiary/aromatic N) is 2. The first kappa shape index (κ1) is 21.8. The van der Waals surface area contributed by atoms with Crippen molar-refractivity contribution < 1.29 is 17.9 Å². The van der Waals surface area contributed by atoms with Gasteiger partial charge in [-0.2, -0.15) is 4.31 Å². The molecule has 1 saturated heterocycles. The van der Waals surface area contributed by atoms with Crippen molar-refractivity contribution in [2.24, 2.45) is 5.73 Å². The van der Waals surface area contributed by atoms with E-state index in [2.05, 4.69) is 0 Å². The van der Waals surface area contributed by atoms with Gasteiger partial charge < -0.3 is 10.5 Å². The zero-order chi connectivity index (χ0) is 23.4. The van der Waals surface area contributed by atoms with Gasteiger partial charge in [-0.1, -0.05) is 23.8 Å². The lowest BCUT2D eigenvalue weighted by Crippen LogP contribution is -2.44. The maximum absolute atomic E-state index is 13.5. The number of aryl methyl sites for hydroxylation is 1. The van der Waals surface area contributed by atoms with Crippen LogP contribution in [0.1, 0.15) is 35.2 Å². The molecule has 2 N–H and O–H groups in total. The number of hydrogen-bond donors (Lipinski definition) is 1. The van der Waals surface area contributed by atoms with E-state index in [4.69, 9.17) is 10.5 Å². The van der Waals surface area contributed by atoms with Gasteiger partial charge in [0.25, 0.3) is 5.56 Å². The highest BCUT2D eigenvalue weighted by atomic mass is 32.2. The smallest absolute Gasteiger partial charge is 0.339 e. The van der Waals surface area contributed by atoms with Gasteiger partial charge in [0.05, 0.1) is 16.0 Å². The van der Waals surface area contributed by atoms with E-state index in [1.807, 2.05) is 6.92 Å². The summed E-state index contributed by atoms with van der Waals surface area (Å²) in [5.41, 5.74) is 6.70. The van der Waals surface area contributed by atoms with E-state index < -0.39 is 27.1 Å². The van der Waals surface area contributed by atoms with Gasteiger partial charge in [0, 0.05) is 29.6 Å². The Kier molecular flexibility index (Phi) is 5.15. The van der Waals surface area contributed by atoms with Crippen LogP contribution in [-0.4, -0.2) is 41.4 Å². The molecule has 9 heteroatoms. The summed E-state index contributed by atoms with van der Waals surface area (Å²) in [6, 6.07) is 13.0. The Bertz CT molecular complexity index is 1410. The van der Waals surface area contributed by atoms with Crippen LogP contribution < -0.4 is 11.3 Å². The standard InChI is InChI=1S/C24H25N3O5S/c1-16-5-7-17(8-6-16)23(29)32-15-26-13-9-18-19(22(26)28)3-2-4-20(18)33(30,31)27-14-10-21(25)24(27)11-12-24/h2-9,13,21H,10-12,14-15,25H2,1H3/t21-/m0/s1. The fourth-order valence-electron chi connectivity index (χ4n) is 4.68. The molecule has 2 fully saturated rings. The lowest BCUT2D eigenvalue weighted by atomic mass is 10.1. The second-order valence-electron chi connectivity index (χ2n) is 8.81. The van der Waals surface area contributed by atoms with Crippen LogP contribution in [0.5, 0.6) is 0 Å². The molecule has 172 valence electrons. The summed E-state index contributed by atoms with van der Waals surface area (Å²) in [5, 5.41) is 0.596. The Hall–Kier alpha value is -3.01. The second-order valence-corrected chi connectivity index (χ2v) is 10.6. The quantitative estimate of drug-likeness (QED) is 0.577. The molecular weight excluding hydrogens is 442 g/mol. The lowest BCUT2D eigenvalue weighted by molar-refractivity contribution is 0.0367. The number of nitrogens with two attached hydrogens (primary N) is 1. The van der Waals surface area contributed by atoms with Gasteiger partial charge in [-0.3, -0.25) is 9.36 Å². The Balaban J connectivity index is 1.45. The average Bonchev–Trinajstić information content (AvgIpc) is 3.53. The van der Waals surface area contributed by atoms with E-state index >= 15 is 0 Å². The molecule has 1 atom stereocenters. The van der Waals surface area contributed by atoms with Gasteiger partial charge in [0.15, 0.2) is 6.73 Å². The number of ether oxygens (including phenoxy) is 1. The molecule has 1 aromatic heterocycles. The minimum absolute atomic E-state index is 0.0984. The van der Waals surface area contributed by atoms with Crippen LogP contribution >= 0.6 is 0 Å². The SMILES string of the molecule is Cc1ccc(C(=O)OCn2ccc3c(S(=O)(=O)N4CC[C@H](N)C45CC5)cccc3c2=O)cc1. The van der Waals surface area contributed by atoms with Crippen LogP contribution in [0.15, 0.2) is 64.4 Å². The van der Waals surface area contributed by atoms with Crippen molar-refractivity contribution in [1.29, 1.82) is 0 Å². The van der Waals surface area contributed by atoms with E-state index in [1.165, 1.54) is 21.1 Å². The highest BCUT2D eigenvalue weighted by Crippen LogP contribution is 2.51. The Labute approximate surface area is 191 Å². The summed E-state index contributed by atoms with van der Waals surface area (Å²) < 4.78 is 35.1. The topological polar surface area (TPSA) is 112 Å². The lowest BCUT2D eigenvalue weighted by Gasteiger charge is -2.26. The van der Waals surface area contributed by atoms with Crippen molar-refractivity contribution in [2.75, 3.05) is 6.54 Å². The number of rotatable bonds is 5. The van der Waals surface area contributed by atoms with E-state index in [1.54, 1.807) is 42.5 Å². The monoisotopic (exact) mass is 467 g/mol. The molecule has 1 saturated carbocycles. The molecule has 0 unspecified atom stereocenters. The van der Waals surface area contributed by atoms with Gasteiger partial charge in [0.2, 0.25) is 10.0 Å². The molecule has 0 bridgehead atoms. The molecule has 1 aliphatic heterocycles. The largest absolute Gasteiger partial charge is 0.440 e. The fourth-order valence-corrected chi connectivity index (χ4v) is 6.76. The molecule has 2 aromatic carbocycles. The van der Waals surface area contributed by atoms with Crippen LogP contribution in [0.25, 0.3) is 10.8 Å². The van der Waals surface area contributed by atoms with Crippen LogP contribution in [0.4, 0.5) is 0 Å². The van der Waals surface area contributed by atoms with Crippen LogP contribution in [0, 0.1) is 6.92 Å². The minimum atomic E-state index is -3.82. The predicted molar refractivity (Wildman–Crippen MR) is 123 cm³/mol. The van der Waals surface area contributed by atoms with Crippen LogP contribution in [-0.2, 0) is 21.5 Å². The molecule has 0 amide bonds. The number of aromatic nitrogens is 1. The summed E-state index contributed by atoms with van der Waals surface area (Å²) in [4.78, 5) is 25.5. The number of carbonyl (C=O) groups excluding carboxylic acids is 1. The van der Waals surface area contributed by atoms with Crippen molar-refractivity contribution in [2.45, 2.75) is 49.4 Å². The number of carbonyl (C=O) groups is 1. The molecule has 2 aliphatic rings. The molecule has 5 rings (SSSR count). The molecule has 33 heavy (non-hydrogen) atoms. The number of sulfonamides is 1. The maximum Gasteiger partial charge on any atom is 0.339 e. The third-order valence-electron chi connectivity index (χ3n) is 6.76. The predicted octanol–water partition coefficient (Wildman–Crippen LogP) is 2.38. The Morgan fingerprint density at radius 1 is 1.12 bits per heavy atom. The number of benzene rings is 2. The minimum Gasteiger partial charge on any atom is -0.440 e. The fraction of sp³-hybridized carbons (Fsp3) is 0.333. The first-order valence-electron chi connectivity index (χ1n) is 10.9. The van der Waals surface area contributed by atoms with Crippen molar-refractivity contribution in [3.63, 3.8) is 0 Å². The van der Waals surface area contributed by atoms with Crippen molar-refractivity contribution in [3.8, 4) is 0 Å². The molecular formula is C24H25N3O5S. The number of esters is 1. The number of hydrogen-bond acceptors (Lipinski definition) is 6. The van der Waals surface area contributed by atoms with Crippen LogP contribution in [0.2, 0.25) is 0 Å². The van der Waals surface area contributed by atoms with E-state index in [0.29, 0.717) is 23.9 Å². The van der Waals surface area contributed by atoms with Gasteiger partial charge >= 0.3 is 5.97 Å². The summed E-state index contributed by atoms with van der Waals surface area (Å²) in [6.07, 6.45) is 3.60. The van der Waals surface area contributed by atoms with E-state index in [-0.39, 0.29) is 23.1 Å². The van der Waals surface area contributed by atoms with Gasteiger partial charge in [-0.15, -0.1) is 0 Å². The maximum atomic E-state index is 13.5. The first-order valence-corrected chi connectivity index (χ1v) is 12.3. The summed E-state index contributed by atoms with van der Waals surface area (Å²) in [7, 11) is -3.82. The van der Waals surface area contributed by atoms with E-state index in [0.717, 1.165) is 18.4 Å². The zero-order valence-electron chi connectivity index (χ0n) is 18.2.